The summed E-state index contributed by atoms with van der Waals surface area (Å²) in [5.41, 5.74) is 0. The highest BCUT2D eigenvalue weighted by Gasteiger charge is 2.15. The number of hydrogen-bond acceptors (Lipinski definition) is 4. The molecule has 0 aromatic carbocycles. The van der Waals surface area contributed by atoms with Gasteiger partial charge in [-0.3, -0.25) is 9.63 Å². The second kappa shape index (κ2) is 5.15. The van der Waals surface area contributed by atoms with Crippen LogP contribution >= 0.6 is 0 Å². The molecule has 0 atom stereocenters. The summed E-state index contributed by atoms with van der Waals surface area (Å²) in [5.74, 6) is -2.22. The molecule has 0 saturated carbocycles. The first-order chi connectivity index (χ1) is 5.83. The Bertz CT molecular complexity index is 258. The molecule has 0 fully saturated rings. The lowest BCUT2D eigenvalue weighted by Crippen LogP contribution is -2.31. The zero-order valence-electron chi connectivity index (χ0n) is 7.48. The van der Waals surface area contributed by atoms with Gasteiger partial charge in [0, 0.05) is 0 Å². The Labute approximate surface area is 76.9 Å². The van der Waals surface area contributed by atoms with Gasteiger partial charge in [-0.1, -0.05) is 18.7 Å². The van der Waals surface area contributed by atoms with Gasteiger partial charge >= 0.3 is 5.97 Å². The number of rotatable bonds is 6. The molecule has 0 aromatic heterocycles. The fraction of sp³-hybridized carbons (Fsp3) is 0.833. The highest BCUT2D eigenvalue weighted by molar-refractivity contribution is 7.90. The van der Waals surface area contributed by atoms with Crippen LogP contribution in [-0.4, -0.2) is 31.9 Å². The van der Waals surface area contributed by atoms with Crippen molar-refractivity contribution in [3.05, 3.63) is 0 Å². The average molecular weight is 211 g/mol. The van der Waals surface area contributed by atoms with Crippen LogP contribution in [0.4, 0.5) is 0 Å². The van der Waals surface area contributed by atoms with Crippen LogP contribution < -0.4 is 4.89 Å². The fourth-order valence-corrected chi connectivity index (χ4v) is 1.11. The van der Waals surface area contributed by atoms with Gasteiger partial charge < -0.3 is 5.11 Å². The molecule has 0 aliphatic carbocycles. The summed E-state index contributed by atoms with van der Waals surface area (Å²) in [6.45, 7) is 3.88. The van der Waals surface area contributed by atoms with Crippen molar-refractivity contribution in [2.24, 2.45) is 5.92 Å². The SMILES string of the molecule is CC(C)CONS(=O)(=O)CC(=O)O. The average Bonchev–Trinajstić information content (AvgIpc) is 1.81. The third kappa shape index (κ3) is 7.69. The van der Waals surface area contributed by atoms with Crippen molar-refractivity contribution in [3.8, 4) is 0 Å². The van der Waals surface area contributed by atoms with Crippen molar-refractivity contribution in [2.45, 2.75) is 13.8 Å². The number of carboxylic acid groups (broad SMARTS) is 1. The maximum absolute atomic E-state index is 10.8. The van der Waals surface area contributed by atoms with Crippen molar-refractivity contribution >= 4 is 16.0 Å². The van der Waals surface area contributed by atoms with E-state index >= 15 is 0 Å². The first-order valence-electron chi connectivity index (χ1n) is 3.66. The van der Waals surface area contributed by atoms with Crippen LogP contribution in [0, 0.1) is 5.92 Å². The highest BCUT2D eigenvalue weighted by atomic mass is 32.2. The van der Waals surface area contributed by atoms with Crippen LogP contribution in [0.15, 0.2) is 0 Å². The third-order valence-corrected chi connectivity index (χ3v) is 1.91. The van der Waals surface area contributed by atoms with E-state index in [9.17, 15) is 13.2 Å². The molecule has 6 nitrogen and oxygen atoms in total. The summed E-state index contributed by atoms with van der Waals surface area (Å²) in [6, 6.07) is 0. The summed E-state index contributed by atoms with van der Waals surface area (Å²) in [6.07, 6.45) is 0. The molecule has 0 saturated heterocycles. The fourth-order valence-electron chi connectivity index (χ4n) is 0.482. The van der Waals surface area contributed by atoms with E-state index < -0.39 is 21.7 Å². The topological polar surface area (TPSA) is 92.7 Å². The van der Waals surface area contributed by atoms with E-state index in [-0.39, 0.29) is 12.5 Å². The maximum atomic E-state index is 10.8. The van der Waals surface area contributed by atoms with Crippen molar-refractivity contribution in [3.63, 3.8) is 0 Å². The lowest BCUT2D eigenvalue weighted by atomic mass is 10.2. The lowest BCUT2D eigenvalue weighted by Gasteiger charge is -2.06. The van der Waals surface area contributed by atoms with E-state index in [2.05, 4.69) is 4.84 Å². The largest absolute Gasteiger partial charge is 0.480 e. The minimum absolute atomic E-state index is 0.174. The van der Waals surface area contributed by atoms with Crippen LogP contribution in [-0.2, 0) is 19.7 Å². The zero-order chi connectivity index (χ0) is 10.5. The second-order valence-corrected chi connectivity index (χ2v) is 4.63. The molecule has 7 heteroatoms. The molecule has 2 N–H and O–H groups in total. The van der Waals surface area contributed by atoms with E-state index in [4.69, 9.17) is 5.11 Å². The number of carboxylic acids is 1. The number of hydrogen-bond donors (Lipinski definition) is 2. The number of sulfonamides is 1. The highest BCUT2D eigenvalue weighted by Crippen LogP contribution is 1.92. The molecule has 0 rings (SSSR count). The zero-order valence-corrected chi connectivity index (χ0v) is 8.30. The Hall–Kier alpha value is -0.660. The summed E-state index contributed by atoms with van der Waals surface area (Å²) in [5, 5.41) is 8.18. The van der Waals surface area contributed by atoms with Gasteiger partial charge in [-0.05, 0) is 5.92 Å². The van der Waals surface area contributed by atoms with Gasteiger partial charge in [0.25, 0.3) is 0 Å². The molecule has 78 valence electrons. The van der Waals surface area contributed by atoms with Gasteiger partial charge in [-0.2, -0.15) is 0 Å². The maximum Gasteiger partial charge on any atom is 0.320 e. The van der Waals surface area contributed by atoms with Crippen molar-refractivity contribution < 1.29 is 23.2 Å². The molecule has 0 unspecified atom stereocenters. The predicted octanol–water partition coefficient (Wildman–Crippen LogP) is -0.422. The molecule has 0 amide bonds. The molecular formula is C6H13NO5S. The van der Waals surface area contributed by atoms with Gasteiger partial charge in [-0.25, -0.2) is 8.42 Å². The Morgan fingerprint density at radius 2 is 2.08 bits per heavy atom. The van der Waals surface area contributed by atoms with E-state index in [0.29, 0.717) is 0 Å². The third-order valence-electron chi connectivity index (χ3n) is 0.916. The lowest BCUT2D eigenvalue weighted by molar-refractivity contribution is -0.134. The smallest absolute Gasteiger partial charge is 0.320 e. The molecule has 0 aliphatic heterocycles. The van der Waals surface area contributed by atoms with Crippen LogP contribution in [0.3, 0.4) is 0 Å². The first kappa shape index (κ1) is 12.3. The molecule has 0 bridgehead atoms. The molecule has 0 radical (unpaired) electrons. The van der Waals surface area contributed by atoms with Crippen LogP contribution in [0.1, 0.15) is 13.8 Å². The van der Waals surface area contributed by atoms with Crippen LogP contribution in [0.2, 0.25) is 0 Å². The van der Waals surface area contributed by atoms with Gasteiger partial charge in [0.1, 0.15) is 0 Å². The standard InChI is InChI=1S/C6H13NO5S/c1-5(2)3-12-7-13(10,11)4-6(8)9/h5,7H,3-4H2,1-2H3,(H,8,9). The summed E-state index contributed by atoms with van der Waals surface area (Å²) in [4.78, 5) is 16.3. The van der Waals surface area contributed by atoms with E-state index in [0.717, 1.165) is 0 Å². The quantitative estimate of drug-likeness (QED) is 0.582. The summed E-state index contributed by atoms with van der Waals surface area (Å²) >= 11 is 0. The monoisotopic (exact) mass is 211 g/mol. The molecule has 0 heterocycles. The van der Waals surface area contributed by atoms with Crippen LogP contribution in [0.25, 0.3) is 0 Å². The van der Waals surface area contributed by atoms with Gasteiger partial charge in [0.05, 0.1) is 6.61 Å². The summed E-state index contributed by atoms with van der Waals surface area (Å²) < 4.78 is 21.6. The van der Waals surface area contributed by atoms with Crippen LogP contribution in [0.5, 0.6) is 0 Å². The van der Waals surface area contributed by atoms with E-state index in [1.165, 1.54) is 0 Å². The first-order valence-corrected chi connectivity index (χ1v) is 5.32. The van der Waals surface area contributed by atoms with Gasteiger partial charge in [0.2, 0.25) is 10.0 Å². The number of aliphatic carboxylic acids is 1. The molecule has 0 spiro atoms. The Morgan fingerprint density at radius 1 is 1.54 bits per heavy atom. The molecule has 0 aliphatic rings. The normalized spacial score (nSPS) is 11.9. The van der Waals surface area contributed by atoms with Gasteiger partial charge in [0.15, 0.2) is 5.75 Å². The Morgan fingerprint density at radius 3 is 2.46 bits per heavy atom. The minimum Gasteiger partial charge on any atom is -0.480 e. The van der Waals surface area contributed by atoms with Crippen molar-refractivity contribution in [2.75, 3.05) is 12.4 Å². The summed E-state index contributed by atoms with van der Waals surface area (Å²) in [7, 11) is -3.85. The minimum atomic E-state index is -3.85. The Kier molecular flexibility index (Phi) is 4.89. The Balaban J connectivity index is 3.84. The van der Waals surface area contributed by atoms with E-state index in [1.54, 1.807) is 4.89 Å². The molecule has 0 aromatic rings. The molecule has 13 heavy (non-hydrogen) atoms. The number of carbonyl (C=O) groups is 1. The van der Waals surface area contributed by atoms with E-state index in [1.807, 2.05) is 13.8 Å². The van der Waals surface area contributed by atoms with Crippen molar-refractivity contribution in [1.29, 1.82) is 0 Å². The number of nitrogens with one attached hydrogen (secondary N) is 1. The molecular weight excluding hydrogens is 198 g/mol. The predicted molar refractivity (Wildman–Crippen MR) is 45.3 cm³/mol. The second-order valence-electron chi connectivity index (χ2n) is 2.94. The van der Waals surface area contributed by atoms with Crippen molar-refractivity contribution in [1.82, 2.24) is 4.89 Å². The van der Waals surface area contributed by atoms with Gasteiger partial charge in [-0.15, -0.1) is 0 Å².